The van der Waals surface area contributed by atoms with Gasteiger partial charge in [0.1, 0.15) is 29.0 Å². The maximum atomic E-state index is 6.47. The summed E-state index contributed by atoms with van der Waals surface area (Å²) in [5.74, 6) is 0.766. The SMILES string of the molecule is CC1(C)O[C@@H]2[C@H](O1)C(CCc1ccc3ccc(NC4CCCC4)nc3c1)C[C@H]2n1ccc2c(Cl)ncnc21. The van der Waals surface area contributed by atoms with Gasteiger partial charge in [-0.15, -0.1) is 0 Å². The van der Waals surface area contributed by atoms with Crippen LogP contribution in [0.3, 0.4) is 0 Å². The van der Waals surface area contributed by atoms with E-state index in [0.717, 1.165) is 41.6 Å². The van der Waals surface area contributed by atoms with Crippen molar-refractivity contribution in [3.63, 3.8) is 0 Å². The van der Waals surface area contributed by atoms with Crippen LogP contribution >= 0.6 is 11.6 Å². The zero-order valence-electron chi connectivity index (χ0n) is 21.9. The van der Waals surface area contributed by atoms with Crippen LogP contribution in [0, 0.1) is 5.92 Å². The number of aryl methyl sites for hydroxylation is 1. The molecule has 7 nitrogen and oxygen atoms in total. The van der Waals surface area contributed by atoms with E-state index in [2.05, 4.69) is 56.4 Å². The number of hydrogen-bond donors (Lipinski definition) is 1. The Kier molecular flexibility index (Phi) is 6.06. The van der Waals surface area contributed by atoms with Crippen molar-refractivity contribution in [3.8, 4) is 0 Å². The minimum Gasteiger partial charge on any atom is -0.367 e. The van der Waals surface area contributed by atoms with E-state index in [-0.39, 0.29) is 18.2 Å². The van der Waals surface area contributed by atoms with Gasteiger partial charge in [0, 0.05) is 17.6 Å². The van der Waals surface area contributed by atoms with Gasteiger partial charge in [0.15, 0.2) is 5.79 Å². The lowest BCUT2D eigenvalue weighted by atomic mass is 9.95. The van der Waals surface area contributed by atoms with E-state index >= 15 is 0 Å². The van der Waals surface area contributed by atoms with Crippen molar-refractivity contribution in [2.75, 3.05) is 5.32 Å². The van der Waals surface area contributed by atoms with Crippen molar-refractivity contribution < 1.29 is 9.47 Å². The Morgan fingerprint density at radius 3 is 2.74 bits per heavy atom. The number of pyridine rings is 1. The van der Waals surface area contributed by atoms with Crippen LogP contribution in [-0.4, -0.2) is 43.6 Å². The van der Waals surface area contributed by atoms with Crippen LogP contribution in [0.2, 0.25) is 5.15 Å². The summed E-state index contributed by atoms with van der Waals surface area (Å²) >= 11 is 6.34. The van der Waals surface area contributed by atoms with E-state index in [0.29, 0.717) is 17.1 Å². The van der Waals surface area contributed by atoms with Gasteiger partial charge in [0.2, 0.25) is 0 Å². The fourth-order valence-electron chi connectivity index (χ4n) is 6.85. The number of hydrogen-bond acceptors (Lipinski definition) is 6. The summed E-state index contributed by atoms with van der Waals surface area (Å²) in [6.45, 7) is 4.02. The number of rotatable bonds is 6. The molecule has 1 unspecified atom stereocenters. The molecule has 8 heteroatoms. The molecule has 1 aromatic carbocycles. The van der Waals surface area contributed by atoms with Crippen molar-refractivity contribution in [2.45, 2.75) is 88.9 Å². The van der Waals surface area contributed by atoms with Gasteiger partial charge in [-0.25, -0.2) is 15.0 Å². The molecule has 4 atom stereocenters. The van der Waals surface area contributed by atoms with E-state index in [1.54, 1.807) is 0 Å². The standard InChI is InChI=1S/C30H34ClN5O2/c1-30(2)37-26-20(16-24(27(26)38-30)36-14-13-22-28(31)32-17-33-29(22)36)10-8-18-7-9-19-11-12-25(35-23(19)15-18)34-21-5-3-4-6-21/h7,9,11-15,17,20-21,24,26-27H,3-6,8,10,16H2,1-2H3,(H,34,35)/t20?,24-,26-,27+/m1/s1. The third-order valence-electron chi connectivity index (χ3n) is 8.64. The number of halogens is 1. The van der Waals surface area contributed by atoms with E-state index in [9.17, 15) is 0 Å². The summed E-state index contributed by atoms with van der Waals surface area (Å²) in [5, 5.41) is 6.17. The fraction of sp³-hybridized carbons (Fsp3) is 0.500. The quantitative estimate of drug-likeness (QED) is 0.279. The largest absolute Gasteiger partial charge is 0.367 e. The molecule has 3 aromatic heterocycles. The molecule has 38 heavy (non-hydrogen) atoms. The maximum absolute atomic E-state index is 6.47. The fourth-order valence-corrected chi connectivity index (χ4v) is 7.04. The summed E-state index contributed by atoms with van der Waals surface area (Å²) in [7, 11) is 0. The van der Waals surface area contributed by atoms with Crippen molar-refractivity contribution in [1.82, 2.24) is 19.5 Å². The Bertz CT molecular complexity index is 1480. The van der Waals surface area contributed by atoms with Gasteiger partial charge in [-0.05, 0) is 81.7 Å². The van der Waals surface area contributed by atoms with E-state index in [4.69, 9.17) is 26.1 Å². The molecular weight excluding hydrogens is 498 g/mol. The number of nitrogens with zero attached hydrogens (tertiary/aromatic N) is 4. The molecule has 1 aliphatic heterocycles. The first-order chi connectivity index (χ1) is 18.4. The third kappa shape index (κ3) is 4.44. The van der Waals surface area contributed by atoms with E-state index in [1.807, 2.05) is 19.9 Å². The average molecular weight is 532 g/mol. The third-order valence-corrected chi connectivity index (χ3v) is 8.94. The van der Waals surface area contributed by atoms with Crippen molar-refractivity contribution in [2.24, 2.45) is 5.92 Å². The van der Waals surface area contributed by atoms with Crippen LogP contribution < -0.4 is 5.32 Å². The Labute approximate surface area is 227 Å². The molecule has 2 aliphatic carbocycles. The highest BCUT2D eigenvalue weighted by Gasteiger charge is 2.54. The smallest absolute Gasteiger partial charge is 0.163 e. The Balaban J connectivity index is 1.11. The molecule has 1 N–H and O–H groups in total. The maximum Gasteiger partial charge on any atom is 0.163 e. The zero-order chi connectivity index (χ0) is 25.9. The average Bonchev–Trinajstić information content (AvgIpc) is 3.67. The lowest BCUT2D eigenvalue weighted by Gasteiger charge is -2.24. The van der Waals surface area contributed by atoms with Gasteiger partial charge < -0.3 is 19.4 Å². The minimum atomic E-state index is -0.600. The molecule has 2 saturated carbocycles. The van der Waals surface area contributed by atoms with Crippen LogP contribution in [0.4, 0.5) is 5.82 Å². The van der Waals surface area contributed by atoms with Gasteiger partial charge in [0.25, 0.3) is 0 Å². The highest BCUT2D eigenvalue weighted by atomic mass is 35.5. The second kappa shape index (κ2) is 9.47. The molecule has 1 saturated heterocycles. The van der Waals surface area contributed by atoms with Gasteiger partial charge >= 0.3 is 0 Å². The molecular formula is C30H34ClN5O2. The zero-order valence-corrected chi connectivity index (χ0v) is 22.7. The molecule has 4 heterocycles. The molecule has 0 bridgehead atoms. The second-order valence-electron chi connectivity index (χ2n) is 11.6. The molecule has 7 rings (SSSR count). The summed E-state index contributed by atoms with van der Waals surface area (Å²) < 4.78 is 15.1. The Morgan fingerprint density at radius 1 is 1.05 bits per heavy atom. The molecule has 0 radical (unpaired) electrons. The monoisotopic (exact) mass is 531 g/mol. The number of benzene rings is 1. The Hall–Kier alpha value is -2.74. The molecule has 4 aromatic rings. The van der Waals surface area contributed by atoms with Gasteiger partial charge in [-0.1, -0.05) is 36.6 Å². The Morgan fingerprint density at radius 2 is 1.87 bits per heavy atom. The molecule has 0 amide bonds. The predicted molar refractivity (Wildman–Crippen MR) is 149 cm³/mol. The van der Waals surface area contributed by atoms with Crippen LogP contribution in [0.25, 0.3) is 21.9 Å². The summed E-state index contributed by atoms with van der Waals surface area (Å²) in [6, 6.07) is 13.7. The van der Waals surface area contributed by atoms with Gasteiger partial charge in [-0.3, -0.25) is 0 Å². The molecule has 198 valence electrons. The number of anilines is 1. The molecule has 3 fully saturated rings. The predicted octanol–water partition coefficient (Wildman–Crippen LogP) is 6.70. The van der Waals surface area contributed by atoms with Crippen LogP contribution in [0.5, 0.6) is 0 Å². The first kappa shape index (κ1) is 24.3. The minimum absolute atomic E-state index is 0.0261. The van der Waals surface area contributed by atoms with Crippen molar-refractivity contribution >= 4 is 39.4 Å². The van der Waals surface area contributed by atoms with Crippen molar-refractivity contribution in [3.05, 3.63) is 59.6 Å². The lowest BCUT2D eigenvalue weighted by Crippen LogP contribution is -2.27. The summed E-state index contributed by atoms with van der Waals surface area (Å²) in [6.07, 6.45) is 11.7. The van der Waals surface area contributed by atoms with Crippen LogP contribution in [0.15, 0.2) is 48.9 Å². The van der Waals surface area contributed by atoms with E-state index in [1.165, 1.54) is 43.0 Å². The highest BCUT2D eigenvalue weighted by molar-refractivity contribution is 6.33. The number of ether oxygens (including phenoxy) is 2. The summed E-state index contributed by atoms with van der Waals surface area (Å²) in [5.41, 5.74) is 3.22. The van der Waals surface area contributed by atoms with Gasteiger partial charge in [0.05, 0.1) is 23.0 Å². The van der Waals surface area contributed by atoms with Crippen LogP contribution in [-0.2, 0) is 15.9 Å². The lowest BCUT2D eigenvalue weighted by molar-refractivity contribution is -0.160. The number of fused-ring (bicyclic) bond motifs is 3. The van der Waals surface area contributed by atoms with Crippen LogP contribution in [0.1, 0.15) is 64.0 Å². The molecule has 0 spiro atoms. The normalized spacial score (nSPS) is 26.9. The second-order valence-corrected chi connectivity index (χ2v) is 12.0. The topological polar surface area (TPSA) is 74.1 Å². The number of nitrogens with one attached hydrogen (secondary N) is 1. The molecule has 3 aliphatic rings. The van der Waals surface area contributed by atoms with E-state index < -0.39 is 5.79 Å². The van der Waals surface area contributed by atoms with Crippen molar-refractivity contribution in [1.29, 1.82) is 0 Å². The first-order valence-corrected chi connectivity index (χ1v) is 14.3. The highest BCUT2D eigenvalue weighted by Crippen LogP contribution is 2.49. The van der Waals surface area contributed by atoms with Gasteiger partial charge in [-0.2, -0.15) is 0 Å². The summed E-state index contributed by atoms with van der Waals surface area (Å²) in [4.78, 5) is 13.6. The number of aromatic nitrogens is 4. The first-order valence-electron chi connectivity index (χ1n) is 13.9.